The van der Waals surface area contributed by atoms with Gasteiger partial charge in [-0.05, 0) is 35.8 Å². The Morgan fingerprint density at radius 2 is 1.80 bits per heavy atom. The first-order valence-corrected chi connectivity index (χ1v) is 6.92. The molecule has 0 N–H and O–H groups in total. The maximum absolute atomic E-state index is 11.8. The summed E-state index contributed by atoms with van der Waals surface area (Å²) < 4.78 is 5.35. The van der Waals surface area contributed by atoms with Crippen LogP contribution < -0.4 is 0 Å². The SMILES string of the molecule is CCC/C=C1\OC(=O)c2ccc(-c3ccccc3)cc21. The average Bonchev–Trinajstić information content (AvgIpc) is 2.82. The summed E-state index contributed by atoms with van der Waals surface area (Å²) in [6.45, 7) is 2.11. The van der Waals surface area contributed by atoms with Gasteiger partial charge >= 0.3 is 5.97 Å². The minimum absolute atomic E-state index is 0.248. The van der Waals surface area contributed by atoms with Gasteiger partial charge in [0.25, 0.3) is 0 Å². The Hall–Kier alpha value is -2.35. The van der Waals surface area contributed by atoms with Crippen molar-refractivity contribution in [3.05, 3.63) is 65.7 Å². The van der Waals surface area contributed by atoms with E-state index < -0.39 is 0 Å². The number of allylic oxidation sites excluding steroid dienone is 1. The Labute approximate surface area is 118 Å². The molecule has 0 aliphatic carbocycles. The predicted molar refractivity (Wildman–Crippen MR) is 80.2 cm³/mol. The molecule has 0 unspecified atom stereocenters. The van der Waals surface area contributed by atoms with Crippen molar-refractivity contribution in [2.45, 2.75) is 19.8 Å². The molecular formula is C18H16O2. The Morgan fingerprint density at radius 3 is 2.55 bits per heavy atom. The van der Waals surface area contributed by atoms with Crippen molar-refractivity contribution in [1.29, 1.82) is 0 Å². The Kier molecular flexibility index (Phi) is 3.38. The number of cyclic esters (lactones) is 1. The van der Waals surface area contributed by atoms with Crippen LogP contribution in [0.4, 0.5) is 0 Å². The summed E-state index contributed by atoms with van der Waals surface area (Å²) in [5.41, 5.74) is 3.81. The molecule has 2 aromatic rings. The molecule has 100 valence electrons. The molecule has 3 rings (SSSR count). The van der Waals surface area contributed by atoms with Crippen LogP contribution in [0.5, 0.6) is 0 Å². The molecule has 1 aliphatic rings. The standard InChI is InChI=1S/C18H16O2/c1-2-3-9-17-16-12-14(13-7-5-4-6-8-13)10-11-15(16)18(19)20-17/h4-12H,2-3H2,1H3/b17-9-. The van der Waals surface area contributed by atoms with E-state index in [2.05, 4.69) is 19.1 Å². The molecule has 1 heterocycles. The fourth-order valence-electron chi connectivity index (χ4n) is 2.37. The molecule has 2 aromatic carbocycles. The van der Waals surface area contributed by atoms with Gasteiger partial charge in [-0.3, -0.25) is 0 Å². The summed E-state index contributed by atoms with van der Waals surface area (Å²) in [4.78, 5) is 11.8. The van der Waals surface area contributed by atoms with Crippen LogP contribution in [0.1, 0.15) is 35.7 Å². The van der Waals surface area contributed by atoms with Gasteiger partial charge in [-0.2, -0.15) is 0 Å². The topological polar surface area (TPSA) is 26.3 Å². The van der Waals surface area contributed by atoms with Gasteiger partial charge in [-0.25, -0.2) is 4.79 Å². The molecule has 2 heteroatoms. The highest BCUT2D eigenvalue weighted by Gasteiger charge is 2.26. The number of esters is 1. The van der Waals surface area contributed by atoms with Crippen LogP contribution in [0.15, 0.2) is 54.6 Å². The van der Waals surface area contributed by atoms with E-state index in [0.717, 1.165) is 29.5 Å². The average molecular weight is 264 g/mol. The van der Waals surface area contributed by atoms with E-state index in [9.17, 15) is 4.79 Å². The van der Waals surface area contributed by atoms with Crippen molar-refractivity contribution in [3.63, 3.8) is 0 Å². The normalized spacial score (nSPS) is 15.2. The first-order chi connectivity index (χ1) is 9.79. The number of carbonyl (C=O) groups excluding carboxylic acids is 1. The summed E-state index contributed by atoms with van der Waals surface area (Å²) >= 11 is 0. The number of carbonyl (C=O) groups is 1. The van der Waals surface area contributed by atoms with Gasteiger partial charge in [0.15, 0.2) is 0 Å². The van der Waals surface area contributed by atoms with Gasteiger partial charge in [-0.15, -0.1) is 0 Å². The maximum atomic E-state index is 11.8. The molecule has 0 fully saturated rings. The third-order valence-electron chi connectivity index (χ3n) is 3.43. The van der Waals surface area contributed by atoms with Crippen molar-refractivity contribution >= 4 is 11.7 Å². The number of rotatable bonds is 3. The molecule has 0 radical (unpaired) electrons. The van der Waals surface area contributed by atoms with E-state index in [1.165, 1.54) is 0 Å². The van der Waals surface area contributed by atoms with E-state index in [0.29, 0.717) is 11.3 Å². The molecule has 0 bridgehead atoms. The second-order valence-electron chi connectivity index (χ2n) is 4.87. The van der Waals surface area contributed by atoms with E-state index in [1.54, 1.807) is 0 Å². The van der Waals surface area contributed by atoms with Crippen LogP contribution in [0.2, 0.25) is 0 Å². The number of ether oxygens (including phenoxy) is 1. The number of hydrogen-bond acceptors (Lipinski definition) is 2. The van der Waals surface area contributed by atoms with E-state index in [1.807, 2.05) is 42.5 Å². The summed E-state index contributed by atoms with van der Waals surface area (Å²) in [6.07, 6.45) is 3.95. The summed E-state index contributed by atoms with van der Waals surface area (Å²) in [5, 5.41) is 0. The lowest BCUT2D eigenvalue weighted by Gasteiger charge is -2.04. The monoisotopic (exact) mass is 264 g/mol. The van der Waals surface area contributed by atoms with Crippen LogP contribution in [0.3, 0.4) is 0 Å². The molecule has 2 nitrogen and oxygen atoms in total. The van der Waals surface area contributed by atoms with Crippen LogP contribution in [-0.4, -0.2) is 5.97 Å². The van der Waals surface area contributed by atoms with E-state index in [-0.39, 0.29) is 5.97 Å². The molecule has 0 spiro atoms. The fraction of sp³-hybridized carbons (Fsp3) is 0.167. The predicted octanol–water partition coefficient (Wildman–Crippen LogP) is 4.67. The quantitative estimate of drug-likeness (QED) is 0.753. The van der Waals surface area contributed by atoms with Gasteiger partial charge in [0.1, 0.15) is 5.76 Å². The molecular weight excluding hydrogens is 248 g/mol. The van der Waals surface area contributed by atoms with Crippen LogP contribution in [0, 0.1) is 0 Å². The lowest BCUT2D eigenvalue weighted by Crippen LogP contribution is -1.92. The zero-order valence-electron chi connectivity index (χ0n) is 11.4. The first kappa shape index (κ1) is 12.7. The van der Waals surface area contributed by atoms with Gasteiger partial charge in [0.05, 0.1) is 5.56 Å². The smallest absolute Gasteiger partial charge is 0.344 e. The van der Waals surface area contributed by atoms with Crippen LogP contribution >= 0.6 is 0 Å². The van der Waals surface area contributed by atoms with Gasteiger partial charge in [0, 0.05) is 5.56 Å². The number of unbranched alkanes of at least 4 members (excludes halogenated alkanes) is 1. The summed E-state index contributed by atoms with van der Waals surface area (Å²) in [7, 11) is 0. The Balaban J connectivity index is 2.06. The minimum Gasteiger partial charge on any atom is -0.423 e. The van der Waals surface area contributed by atoms with Crippen LogP contribution in [0.25, 0.3) is 16.9 Å². The van der Waals surface area contributed by atoms with Gasteiger partial charge < -0.3 is 4.74 Å². The molecule has 0 aromatic heterocycles. The summed E-state index contributed by atoms with van der Waals surface area (Å²) in [6, 6.07) is 16.0. The van der Waals surface area contributed by atoms with Crippen molar-refractivity contribution in [3.8, 4) is 11.1 Å². The van der Waals surface area contributed by atoms with E-state index >= 15 is 0 Å². The van der Waals surface area contributed by atoms with Crippen molar-refractivity contribution in [2.75, 3.05) is 0 Å². The number of fused-ring (bicyclic) bond motifs is 1. The molecule has 0 amide bonds. The third kappa shape index (κ3) is 2.25. The minimum atomic E-state index is -0.248. The van der Waals surface area contributed by atoms with Crippen molar-refractivity contribution in [2.24, 2.45) is 0 Å². The Bertz CT molecular complexity index is 669. The van der Waals surface area contributed by atoms with E-state index in [4.69, 9.17) is 4.74 Å². The number of hydrogen-bond donors (Lipinski definition) is 0. The highest BCUT2D eigenvalue weighted by Crippen LogP contribution is 2.33. The fourth-order valence-corrected chi connectivity index (χ4v) is 2.37. The second-order valence-corrected chi connectivity index (χ2v) is 4.87. The highest BCUT2D eigenvalue weighted by molar-refractivity contribution is 6.03. The largest absolute Gasteiger partial charge is 0.423 e. The molecule has 20 heavy (non-hydrogen) atoms. The maximum Gasteiger partial charge on any atom is 0.344 e. The van der Waals surface area contributed by atoms with Crippen molar-refractivity contribution in [1.82, 2.24) is 0 Å². The Morgan fingerprint density at radius 1 is 1.00 bits per heavy atom. The van der Waals surface area contributed by atoms with Crippen LogP contribution in [-0.2, 0) is 4.74 Å². The zero-order valence-corrected chi connectivity index (χ0v) is 11.4. The van der Waals surface area contributed by atoms with Crippen molar-refractivity contribution < 1.29 is 9.53 Å². The molecule has 0 saturated heterocycles. The molecule has 0 saturated carbocycles. The second kappa shape index (κ2) is 5.33. The zero-order chi connectivity index (χ0) is 13.9. The third-order valence-corrected chi connectivity index (χ3v) is 3.43. The molecule has 0 atom stereocenters. The first-order valence-electron chi connectivity index (χ1n) is 6.92. The van der Waals surface area contributed by atoms with Gasteiger partial charge in [-0.1, -0.05) is 49.7 Å². The molecule has 1 aliphatic heterocycles. The lowest BCUT2D eigenvalue weighted by atomic mass is 9.99. The summed E-state index contributed by atoms with van der Waals surface area (Å²) in [5.74, 6) is 0.451. The highest BCUT2D eigenvalue weighted by atomic mass is 16.5. The lowest BCUT2D eigenvalue weighted by molar-refractivity contribution is 0.0715. The van der Waals surface area contributed by atoms with Gasteiger partial charge in [0.2, 0.25) is 0 Å². The number of benzene rings is 2.